The van der Waals surface area contributed by atoms with Crippen LogP contribution in [-0.2, 0) is 16.1 Å². The van der Waals surface area contributed by atoms with Gasteiger partial charge in [-0.05, 0) is 12.1 Å². The Hall–Kier alpha value is -1.47. The fraction of sp³-hybridized carbons (Fsp3) is 0.273. The molecule has 0 amide bonds. The molecule has 0 saturated carbocycles. The third-order valence-electron chi connectivity index (χ3n) is 2.13. The normalized spacial score (nSPS) is 10.6. The number of aliphatic carboxylic acids is 2. The molecule has 0 radical (unpaired) electrons. The van der Waals surface area contributed by atoms with Gasteiger partial charge in [0.05, 0.1) is 13.1 Å². The lowest BCUT2D eigenvalue weighted by Crippen LogP contribution is -2.34. The van der Waals surface area contributed by atoms with Gasteiger partial charge in [0.1, 0.15) is 5.82 Å². The smallest absolute Gasteiger partial charge is 0.317 e. The van der Waals surface area contributed by atoms with Crippen LogP contribution in [0.3, 0.4) is 0 Å². The van der Waals surface area contributed by atoms with Gasteiger partial charge in [0.2, 0.25) is 0 Å². The van der Waals surface area contributed by atoms with Crippen LogP contribution in [0.2, 0.25) is 0 Å². The van der Waals surface area contributed by atoms with Crippen LogP contribution in [0.25, 0.3) is 0 Å². The molecule has 0 heterocycles. The van der Waals surface area contributed by atoms with Gasteiger partial charge in [0.15, 0.2) is 0 Å². The van der Waals surface area contributed by atoms with E-state index in [0.717, 1.165) is 4.90 Å². The van der Waals surface area contributed by atoms with Crippen LogP contribution < -0.4 is 0 Å². The summed E-state index contributed by atoms with van der Waals surface area (Å²) in [5.74, 6) is -2.83. The Bertz CT molecular complexity index is 450. The summed E-state index contributed by atoms with van der Waals surface area (Å²) >= 11 is 3.10. The van der Waals surface area contributed by atoms with E-state index in [1.54, 1.807) is 6.07 Å². The summed E-state index contributed by atoms with van der Waals surface area (Å²) in [5.41, 5.74) is 0.251. The lowest BCUT2D eigenvalue weighted by atomic mass is 10.2. The number of hydrogen-bond donors (Lipinski definition) is 2. The zero-order valence-electron chi connectivity index (χ0n) is 9.27. The molecule has 0 spiro atoms. The lowest BCUT2D eigenvalue weighted by molar-refractivity contribution is -0.142. The number of rotatable bonds is 6. The molecular formula is C11H11BrFNO4. The van der Waals surface area contributed by atoms with E-state index >= 15 is 0 Å². The number of benzene rings is 1. The molecule has 1 rings (SSSR count). The molecule has 1 aromatic carbocycles. The molecule has 5 nitrogen and oxygen atoms in total. The van der Waals surface area contributed by atoms with Crippen molar-refractivity contribution in [2.24, 2.45) is 0 Å². The van der Waals surface area contributed by atoms with E-state index in [9.17, 15) is 14.0 Å². The second-order valence-corrected chi connectivity index (χ2v) is 4.58. The van der Waals surface area contributed by atoms with Crippen molar-refractivity contribution < 1.29 is 24.2 Å². The maximum Gasteiger partial charge on any atom is 0.317 e. The molecule has 2 N–H and O–H groups in total. The Morgan fingerprint density at radius 2 is 1.78 bits per heavy atom. The second kappa shape index (κ2) is 6.46. The Balaban J connectivity index is 2.81. The molecule has 0 saturated heterocycles. The van der Waals surface area contributed by atoms with Crippen molar-refractivity contribution in [3.05, 3.63) is 34.1 Å². The Morgan fingerprint density at radius 1 is 1.22 bits per heavy atom. The summed E-state index contributed by atoms with van der Waals surface area (Å²) in [6.45, 7) is -0.985. The summed E-state index contributed by atoms with van der Waals surface area (Å²) in [4.78, 5) is 22.3. The zero-order chi connectivity index (χ0) is 13.7. The fourth-order valence-corrected chi connectivity index (χ4v) is 1.77. The third-order valence-corrected chi connectivity index (χ3v) is 2.62. The Labute approximate surface area is 111 Å². The SMILES string of the molecule is O=C(O)CN(CC(=O)O)Cc1ccc(Br)cc1F. The Kier molecular flexibility index (Phi) is 5.24. The molecule has 18 heavy (non-hydrogen) atoms. The summed E-state index contributed by atoms with van der Waals surface area (Å²) in [5, 5.41) is 17.3. The molecule has 0 aliphatic heterocycles. The van der Waals surface area contributed by atoms with E-state index in [0.29, 0.717) is 4.47 Å². The number of carbonyl (C=O) groups is 2. The average molecular weight is 320 g/mol. The minimum Gasteiger partial charge on any atom is -0.480 e. The molecule has 1 aromatic rings. The van der Waals surface area contributed by atoms with Crippen molar-refractivity contribution in [2.75, 3.05) is 13.1 Å². The molecule has 98 valence electrons. The first-order valence-electron chi connectivity index (χ1n) is 4.98. The first-order valence-corrected chi connectivity index (χ1v) is 5.77. The largest absolute Gasteiger partial charge is 0.480 e. The first-order chi connectivity index (χ1) is 8.38. The summed E-state index contributed by atoms with van der Waals surface area (Å²) in [7, 11) is 0. The lowest BCUT2D eigenvalue weighted by Gasteiger charge is -2.18. The maximum absolute atomic E-state index is 13.5. The van der Waals surface area contributed by atoms with Gasteiger partial charge in [-0.2, -0.15) is 0 Å². The zero-order valence-corrected chi connectivity index (χ0v) is 10.9. The molecule has 7 heteroatoms. The number of carboxylic acids is 2. The van der Waals surface area contributed by atoms with Gasteiger partial charge in [-0.1, -0.05) is 22.0 Å². The van der Waals surface area contributed by atoms with Crippen LogP contribution in [0.15, 0.2) is 22.7 Å². The number of nitrogens with zero attached hydrogens (tertiary/aromatic N) is 1. The van der Waals surface area contributed by atoms with Gasteiger partial charge in [-0.15, -0.1) is 0 Å². The van der Waals surface area contributed by atoms with Crippen molar-refractivity contribution in [3.8, 4) is 0 Å². The van der Waals surface area contributed by atoms with Crippen LogP contribution in [0.4, 0.5) is 4.39 Å². The summed E-state index contributed by atoms with van der Waals surface area (Å²) < 4.78 is 14.1. The molecule has 0 atom stereocenters. The maximum atomic E-state index is 13.5. The molecule has 0 bridgehead atoms. The van der Waals surface area contributed by atoms with Gasteiger partial charge in [-0.3, -0.25) is 14.5 Å². The van der Waals surface area contributed by atoms with Crippen molar-refractivity contribution in [1.82, 2.24) is 4.90 Å². The van der Waals surface area contributed by atoms with Crippen LogP contribution in [0.5, 0.6) is 0 Å². The van der Waals surface area contributed by atoms with E-state index in [1.807, 2.05) is 0 Å². The van der Waals surface area contributed by atoms with Gasteiger partial charge < -0.3 is 10.2 Å². The Morgan fingerprint density at radius 3 is 2.22 bits per heavy atom. The van der Waals surface area contributed by atoms with Gasteiger partial charge in [-0.25, -0.2) is 4.39 Å². The highest BCUT2D eigenvalue weighted by Gasteiger charge is 2.15. The quantitative estimate of drug-likeness (QED) is 0.832. The standard InChI is InChI=1S/C11H11BrFNO4/c12-8-2-1-7(9(13)3-8)4-14(5-10(15)16)6-11(17)18/h1-3H,4-6H2,(H,15,16)(H,17,18). The van der Waals surface area contributed by atoms with Gasteiger partial charge in [0.25, 0.3) is 0 Å². The van der Waals surface area contributed by atoms with Crippen molar-refractivity contribution in [1.29, 1.82) is 0 Å². The van der Waals surface area contributed by atoms with Crippen LogP contribution in [0, 0.1) is 5.82 Å². The molecule has 0 fully saturated rings. The average Bonchev–Trinajstić information content (AvgIpc) is 2.20. The highest BCUT2D eigenvalue weighted by atomic mass is 79.9. The topological polar surface area (TPSA) is 77.8 Å². The van der Waals surface area contributed by atoms with Crippen molar-refractivity contribution in [3.63, 3.8) is 0 Å². The number of carboxylic acid groups (broad SMARTS) is 2. The van der Waals surface area contributed by atoms with E-state index in [4.69, 9.17) is 10.2 Å². The molecule has 0 aromatic heterocycles. The minimum absolute atomic E-state index is 0.0717. The molecule has 0 aliphatic carbocycles. The molecular weight excluding hydrogens is 309 g/mol. The van der Waals surface area contributed by atoms with Gasteiger partial charge >= 0.3 is 11.9 Å². The molecule has 0 unspecified atom stereocenters. The summed E-state index contributed by atoms with van der Waals surface area (Å²) in [6, 6.07) is 4.34. The van der Waals surface area contributed by atoms with Crippen LogP contribution >= 0.6 is 15.9 Å². The highest BCUT2D eigenvalue weighted by Crippen LogP contribution is 2.16. The van der Waals surface area contributed by atoms with E-state index in [-0.39, 0.29) is 12.1 Å². The van der Waals surface area contributed by atoms with Crippen LogP contribution in [0.1, 0.15) is 5.56 Å². The predicted octanol–water partition coefficient (Wildman–Crippen LogP) is 1.56. The third kappa shape index (κ3) is 4.80. The van der Waals surface area contributed by atoms with Crippen molar-refractivity contribution >= 4 is 27.9 Å². The van der Waals surface area contributed by atoms with Gasteiger partial charge in [0, 0.05) is 16.6 Å². The van der Waals surface area contributed by atoms with Crippen molar-refractivity contribution in [2.45, 2.75) is 6.54 Å². The number of halogens is 2. The van der Waals surface area contributed by atoms with E-state index < -0.39 is 30.8 Å². The van der Waals surface area contributed by atoms with Crippen LogP contribution in [-0.4, -0.2) is 40.1 Å². The first kappa shape index (κ1) is 14.6. The minimum atomic E-state index is -1.16. The van der Waals surface area contributed by atoms with E-state index in [2.05, 4.69) is 15.9 Å². The molecule has 0 aliphatic rings. The monoisotopic (exact) mass is 319 g/mol. The highest BCUT2D eigenvalue weighted by molar-refractivity contribution is 9.10. The second-order valence-electron chi connectivity index (χ2n) is 3.67. The fourth-order valence-electron chi connectivity index (χ4n) is 1.44. The predicted molar refractivity (Wildman–Crippen MR) is 64.6 cm³/mol. The summed E-state index contributed by atoms with van der Waals surface area (Å²) in [6.07, 6.45) is 0. The number of hydrogen-bond acceptors (Lipinski definition) is 3. The van der Waals surface area contributed by atoms with E-state index in [1.165, 1.54) is 12.1 Å².